The lowest BCUT2D eigenvalue weighted by Crippen LogP contribution is -2.05. The van der Waals surface area contributed by atoms with E-state index in [0.717, 1.165) is 22.1 Å². The van der Waals surface area contributed by atoms with E-state index >= 15 is 0 Å². The maximum atomic E-state index is 10.9. The number of amides is 1. The van der Waals surface area contributed by atoms with E-state index in [1.807, 2.05) is 42.5 Å². The Bertz CT molecular complexity index is 581. The van der Waals surface area contributed by atoms with Gasteiger partial charge in [0.2, 0.25) is 5.91 Å². The molecule has 4 heteroatoms. The summed E-state index contributed by atoms with van der Waals surface area (Å²) in [4.78, 5) is 12.1. The molecule has 0 saturated carbocycles. The first kappa shape index (κ1) is 14.5. The molecule has 0 spiro atoms. The van der Waals surface area contributed by atoms with Crippen LogP contribution in [0.25, 0.3) is 0 Å². The second-order valence-corrected chi connectivity index (χ2v) is 5.35. The molecule has 1 N–H and O–H groups in total. The summed E-state index contributed by atoms with van der Waals surface area (Å²) >= 11 is 1.74. The molecule has 20 heavy (non-hydrogen) atoms. The van der Waals surface area contributed by atoms with Crippen molar-refractivity contribution in [3.8, 4) is 5.75 Å². The van der Waals surface area contributed by atoms with Crippen molar-refractivity contribution in [2.45, 2.75) is 17.6 Å². The molecule has 0 radical (unpaired) electrons. The first-order valence-corrected chi connectivity index (χ1v) is 7.30. The van der Waals surface area contributed by atoms with Gasteiger partial charge in [0.15, 0.2) is 0 Å². The van der Waals surface area contributed by atoms with E-state index in [4.69, 9.17) is 4.74 Å². The maximum absolute atomic E-state index is 10.9. The standard InChI is InChI=1S/C16H17NO2S/c1-12(18)17-14-7-9-15(10-8-14)20-11-13-5-3-4-6-16(13)19-2/h3-10H,11H2,1-2H3,(H,17,18). The minimum atomic E-state index is -0.0561. The lowest BCUT2D eigenvalue weighted by molar-refractivity contribution is -0.114. The minimum Gasteiger partial charge on any atom is -0.496 e. The molecule has 0 bridgehead atoms. The zero-order chi connectivity index (χ0) is 14.4. The molecule has 2 rings (SSSR count). The summed E-state index contributed by atoms with van der Waals surface area (Å²) in [5.41, 5.74) is 1.99. The van der Waals surface area contributed by atoms with Gasteiger partial charge in [-0.1, -0.05) is 18.2 Å². The lowest BCUT2D eigenvalue weighted by Gasteiger charge is -2.08. The van der Waals surface area contributed by atoms with Gasteiger partial charge in [-0.25, -0.2) is 0 Å². The highest BCUT2D eigenvalue weighted by molar-refractivity contribution is 7.98. The van der Waals surface area contributed by atoms with Gasteiger partial charge < -0.3 is 10.1 Å². The summed E-state index contributed by atoms with van der Waals surface area (Å²) < 4.78 is 5.34. The largest absolute Gasteiger partial charge is 0.496 e. The fraction of sp³-hybridized carbons (Fsp3) is 0.188. The smallest absolute Gasteiger partial charge is 0.221 e. The Balaban J connectivity index is 1.98. The fourth-order valence-corrected chi connectivity index (χ4v) is 2.71. The van der Waals surface area contributed by atoms with Crippen LogP contribution >= 0.6 is 11.8 Å². The summed E-state index contributed by atoms with van der Waals surface area (Å²) in [6, 6.07) is 15.8. The van der Waals surface area contributed by atoms with Crippen LogP contribution in [0.2, 0.25) is 0 Å². The Morgan fingerprint density at radius 2 is 1.85 bits per heavy atom. The van der Waals surface area contributed by atoms with Crippen LogP contribution in [-0.4, -0.2) is 13.0 Å². The normalized spacial score (nSPS) is 10.1. The highest BCUT2D eigenvalue weighted by Crippen LogP contribution is 2.28. The van der Waals surface area contributed by atoms with E-state index < -0.39 is 0 Å². The number of thioether (sulfide) groups is 1. The predicted octanol–water partition coefficient (Wildman–Crippen LogP) is 3.95. The van der Waals surface area contributed by atoms with Gasteiger partial charge in [0.25, 0.3) is 0 Å². The summed E-state index contributed by atoms with van der Waals surface area (Å²) in [7, 11) is 1.69. The Morgan fingerprint density at radius 1 is 1.15 bits per heavy atom. The number of methoxy groups -OCH3 is 1. The van der Waals surface area contributed by atoms with Crippen LogP contribution in [0.15, 0.2) is 53.4 Å². The van der Waals surface area contributed by atoms with Crippen molar-refractivity contribution in [2.24, 2.45) is 0 Å². The fourth-order valence-electron chi connectivity index (χ4n) is 1.82. The van der Waals surface area contributed by atoms with Gasteiger partial charge in [0, 0.05) is 28.8 Å². The Hall–Kier alpha value is -1.94. The number of anilines is 1. The van der Waals surface area contributed by atoms with Gasteiger partial charge in [-0.15, -0.1) is 11.8 Å². The van der Waals surface area contributed by atoms with E-state index in [9.17, 15) is 4.79 Å². The number of hydrogen-bond acceptors (Lipinski definition) is 3. The van der Waals surface area contributed by atoms with E-state index in [2.05, 4.69) is 11.4 Å². The lowest BCUT2D eigenvalue weighted by atomic mass is 10.2. The van der Waals surface area contributed by atoms with Crippen LogP contribution in [-0.2, 0) is 10.5 Å². The molecule has 1 amide bonds. The summed E-state index contributed by atoms with van der Waals surface area (Å²) in [6.45, 7) is 1.50. The maximum Gasteiger partial charge on any atom is 0.221 e. The van der Waals surface area contributed by atoms with Gasteiger partial charge in [0.1, 0.15) is 5.75 Å². The molecule has 0 aliphatic rings. The third kappa shape index (κ3) is 4.03. The van der Waals surface area contributed by atoms with Crippen molar-refractivity contribution in [3.05, 3.63) is 54.1 Å². The molecular weight excluding hydrogens is 270 g/mol. The highest BCUT2D eigenvalue weighted by atomic mass is 32.2. The average Bonchev–Trinajstić information content (AvgIpc) is 2.46. The van der Waals surface area contributed by atoms with Crippen LogP contribution in [0.1, 0.15) is 12.5 Å². The van der Waals surface area contributed by atoms with E-state index in [-0.39, 0.29) is 5.91 Å². The van der Waals surface area contributed by atoms with Crippen molar-refractivity contribution < 1.29 is 9.53 Å². The molecular formula is C16H17NO2S. The SMILES string of the molecule is COc1ccccc1CSc1ccc(NC(C)=O)cc1. The Kier molecular flexibility index (Phi) is 5.07. The first-order chi connectivity index (χ1) is 9.69. The van der Waals surface area contributed by atoms with Gasteiger partial charge in [0.05, 0.1) is 7.11 Å². The van der Waals surface area contributed by atoms with E-state index in [1.165, 1.54) is 12.5 Å². The number of nitrogens with one attached hydrogen (secondary N) is 1. The number of benzene rings is 2. The number of ether oxygens (including phenoxy) is 1. The molecule has 3 nitrogen and oxygen atoms in total. The Labute approximate surface area is 123 Å². The van der Waals surface area contributed by atoms with Gasteiger partial charge in [-0.05, 0) is 30.3 Å². The summed E-state index contributed by atoms with van der Waals surface area (Å²) in [6.07, 6.45) is 0. The van der Waals surface area contributed by atoms with E-state index in [1.54, 1.807) is 18.9 Å². The summed E-state index contributed by atoms with van der Waals surface area (Å²) in [5.74, 6) is 1.71. The molecule has 0 fully saturated rings. The molecule has 0 atom stereocenters. The third-order valence-electron chi connectivity index (χ3n) is 2.76. The van der Waals surface area contributed by atoms with Crippen LogP contribution in [0.5, 0.6) is 5.75 Å². The van der Waals surface area contributed by atoms with Gasteiger partial charge >= 0.3 is 0 Å². The molecule has 104 valence electrons. The monoisotopic (exact) mass is 287 g/mol. The van der Waals surface area contributed by atoms with Crippen LogP contribution in [0.3, 0.4) is 0 Å². The first-order valence-electron chi connectivity index (χ1n) is 6.31. The van der Waals surface area contributed by atoms with Crippen molar-refractivity contribution in [3.63, 3.8) is 0 Å². The third-order valence-corrected chi connectivity index (χ3v) is 3.82. The van der Waals surface area contributed by atoms with Gasteiger partial charge in [-0.2, -0.15) is 0 Å². The number of hydrogen-bond donors (Lipinski definition) is 1. The topological polar surface area (TPSA) is 38.3 Å². The molecule has 0 unspecified atom stereocenters. The van der Waals surface area contributed by atoms with Gasteiger partial charge in [-0.3, -0.25) is 4.79 Å². The highest BCUT2D eigenvalue weighted by Gasteiger charge is 2.03. The number of rotatable bonds is 5. The number of carbonyl (C=O) groups is 1. The molecule has 0 aliphatic carbocycles. The molecule has 2 aromatic carbocycles. The van der Waals surface area contributed by atoms with Crippen LogP contribution in [0, 0.1) is 0 Å². The Morgan fingerprint density at radius 3 is 2.50 bits per heavy atom. The van der Waals surface area contributed by atoms with Crippen molar-refractivity contribution >= 4 is 23.4 Å². The number of para-hydroxylation sites is 1. The quantitative estimate of drug-likeness (QED) is 0.846. The zero-order valence-corrected chi connectivity index (χ0v) is 12.4. The molecule has 2 aromatic rings. The number of carbonyl (C=O) groups excluding carboxylic acids is 1. The van der Waals surface area contributed by atoms with Crippen molar-refractivity contribution in [1.82, 2.24) is 0 Å². The second-order valence-electron chi connectivity index (χ2n) is 4.31. The summed E-state index contributed by atoms with van der Waals surface area (Å²) in [5, 5.41) is 2.76. The average molecular weight is 287 g/mol. The van der Waals surface area contributed by atoms with Crippen LogP contribution < -0.4 is 10.1 Å². The minimum absolute atomic E-state index is 0.0561. The second kappa shape index (κ2) is 7.01. The van der Waals surface area contributed by atoms with Crippen molar-refractivity contribution in [1.29, 1.82) is 0 Å². The zero-order valence-electron chi connectivity index (χ0n) is 11.6. The molecule has 0 saturated heterocycles. The van der Waals surface area contributed by atoms with Crippen LogP contribution in [0.4, 0.5) is 5.69 Å². The molecule has 0 heterocycles. The van der Waals surface area contributed by atoms with E-state index in [0.29, 0.717) is 0 Å². The van der Waals surface area contributed by atoms with Crippen molar-refractivity contribution in [2.75, 3.05) is 12.4 Å². The molecule has 0 aromatic heterocycles. The molecule has 0 aliphatic heterocycles. The predicted molar refractivity (Wildman–Crippen MR) is 83.3 cm³/mol.